The molecule has 0 bridgehead atoms. The molecule has 0 saturated heterocycles. The summed E-state index contributed by atoms with van der Waals surface area (Å²) >= 11 is 0. The van der Waals surface area contributed by atoms with Crippen LogP contribution in [0, 0.1) is 5.92 Å². The number of aliphatic carboxylic acids is 1. The quantitative estimate of drug-likeness (QED) is 0.707. The Balaban J connectivity index is 1.76. The highest BCUT2D eigenvalue weighted by Gasteiger charge is 2.36. The molecule has 2 aromatic carbocycles. The van der Waals surface area contributed by atoms with Crippen molar-refractivity contribution in [3.05, 3.63) is 59.2 Å². The molecule has 0 fully saturated rings. The molecular formula is C21H19N2O6-. The largest absolute Gasteiger partial charge is 0.546 e. The van der Waals surface area contributed by atoms with Crippen molar-refractivity contribution in [2.24, 2.45) is 5.92 Å². The van der Waals surface area contributed by atoms with Gasteiger partial charge in [-0.1, -0.05) is 19.9 Å². The van der Waals surface area contributed by atoms with Gasteiger partial charge >= 0.3 is 0 Å². The average molecular weight is 395 g/mol. The van der Waals surface area contributed by atoms with Crippen molar-refractivity contribution in [3.63, 3.8) is 0 Å². The Morgan fingerprint density at radius 1 is 1.07 bits per heavy atom. The van der Waals surface area contributed by atoms with Gasteiger partial charge in [-0.05, 0) is 36.2 Å². The molecule has 1 heterocycles. The van der Waals surface area contributed by atoms with Crippen LogP contribution < -0.4 is 15.2 Å². The van der Waals surface area contributed by atoms with Crippen molar-refractivity contribution in [3.8, 4) is 5.75 Å². The van der Waals surface area contributed by atoms with E-state index in [1.54, 1.807) is 18.2 Å². The van der Waals surface area contributed by atoms with Gasteiger partial charge in [0.15, 0.2) is 0 Å². The summed E-state index contributed by atoms with van der Waals surface area (Å²) in [6, 6.07) is 10.6. The lowest BCUT2D eigenvalue weighted by molar-refractivity contribution is -0.307. The van der Waals surface area contributed by atoms with Crippen molar-refractivity contribution in [1.82, 2.24) is 4.90 Å². The number of nitrogens with zero attached hydrogens (tertiary/aromatic N) is 1. The molecule has 8 heteroatoms. The van der Waals surface area contributed by atoms with Gasteiger partial charge in [-0.2, -0.15) is 0 Å². The third-order valence-electron chi connectivity index (χ3n) is 4.23. The van der Waals surface area contributed by atoms with Crippen LogP contribution in [0.2, 0.25) is 0 Å². The number of ether oxygens (including phenoxy) is 1. The van der Waals surface area contributed by atoms with Gasteiger partial charge in [0.25, 0.3) is 17.7 Å². The van der Waals surface area contributed by atoms with E-state index >= 15 is 0 Å². The molecule has 8 nitrogen and oxygen atoms in total. The molecule has 0 spiro atoms. The molecule has 0 aromatic heterocycles. The topological polar surface area (TPSA) is 116 Å². The fourth-order valence-electron chi connectivity index (χ4n) is 2.97. The van der Waals surface area contributed by atoms with Crippen molar-refractivity contribution in [2.45, 2.75) is 13.8 Å². The Morgan fingerprint density at radius 3 is 2.48 bits per heavy atom. The summed E-state index contributed by atoms with van der Waals surface area (Å²) in [6.07, 6.45) is 0. The molecule has 1 N–H and O–H groups in total. The highest BCUT2D eigenvalue weighted by molar-refractivity contribution is 6.22. The molecule has 3 rings (SSSR count). The van der Waals surface area contributed by atoms with E-state index in [0.29, 0.717) is 12.2 Å². The molecule has 29 heavy (non-hydrogen) atoms. The number of benzene rings is 2. The van der Waals surface area contributed by atoms with E-state index in [2.05, 4.69) is 5.32 Å². The molecular weight excluding hydrogens is 376 g/mol. The van der Waals surface area contributed by atoms with Gasteiger partial charge < -0.3 is 20.0 Å². The number of amides is 3. The molecule has 0 aliphatic carbocycles. The third kappa shape index (κ3) is 4.43. The summed E-state index contributed by atoms with van der Waals surface area (Å²) in [6.45, 7) is 3.53. The molecule has 1 aliphatic heterocycles. The lowest BCUT2D eigenvalue weighted by Gasteiger charge is -2.15. The van der Waals surface area contributed by atoms with Crippen molar-refractivity contribution in [1.29, 1.82) is 0 Å². The first kappa shape index (κ1) is 20.1. The standard InChI is InChI=1S/C21H20N2O6/c1-12(2)10-23-20(27)16-7-6-13(8-17(16)21(23)28)19(26)22-14-4-3-5-15(9-14)29-11-18(24)25/h3-9,12H,10-11H2,1-2H3,(H,22,26)(H,24,25)/p-1. The normalized spacial score (nSPS) is 12.9. The van der Waals surface area contributed by atoms with E-state index in [9.17, 15) is 24.3 Å². The van der Waals surface area contributed by atoms with Gasteiger partial charge in [-0.25, -0.2) is 0 Å². The number of imide groups is 1. The Morgan fingerprint density at radius 2 is 1.79 bits per heavy atom. The van der Waals surface area contributed by atoms with E-state index in [1.165, 1.54) is 29.2 Å². The molecule has 2 aromatic rings. The van der Waals surface area contributed by atoms with Crippen LogP contribution in [0.25, 0.3) is 0 Å². The van der Waals surface area contributed by atoms with Crippen LogP contribution in [0.4, 0.5) is 5.69 Å². The number of carbonyl (C=O) groups excluding carboxylic acids is 4. The number of hydrogen-bond donors (Lipinski definition) is 1. The number of carbonyl (C=O) groups is 4. The summed E-state index contributed by atoms with van der Waals surface area (Å²) < 4.78 is 5.02. The van der Waals surface area contributed by atoms with Crippen LogP contribution in [0.5, 0.6) is 5.75 Å². The van der Waals surface area contributed by atoms with Gasteiger partial charge in [-0.15, -0.1) is 0 Å². The zero-order chi connectivity index (χ0) is 21.1. The van der Waals surface area contributed by atoms with Gasteiger partial charge in [0, 0.05) is 23.9 Å². The van der Waals surface area contributed by atoms with Gasteiger partial charge in [0.2, 0.25) is 0 Å². The summed E-state index contributed by atoms with van der Waals surface area (Å²) in [5, 5.41) is 13.1. The first-order chi connectivity index (χ1) is 13.8. The Hall–Kier alpha value is -3.68. The number of carboxylic acids is 1. The SMILES string of the molecule is CC(C)CN1C(=O)c2ccc(C(=O)Nc3cccc(OCC(=O)[O-])c3)cc2C1=O. The summed E-state index contributed by atoms with van der Waals surface area (Å²) in [7, 11) is 0. The number of nitrogens with one attached hydrogen (secondary N) is 1. The number of rotatable bonds is 7. The second kappa shape index (κ2) is 8.14. The summed E-state index contributed by atoms with van der Waals surface area (Å²) in [5.74, 6) is -2.22. The summed E-state index contributed by atoms with van der Waals surface area (Å²) in [4.78, 5) is 49.2. The lowest BCUT2D eigenvalue weighted by atomic mass is 10.1. The van der Waals surface area contributed by atoms with Crippen LogP contribution in [0.15, 0.2) is 42.5 Å². The van der Waals surface area contributed by atoms with Gasteiger partial charge in [0.05, 0.1) is 17.1 Å². The number of carboxylic acid groups (broad SMARTS) is 1. The third-order valence-corrected chi connectivity index (χ3v) is 4.23. The molecule has 0 atom stereocenters. The Bertz CT molecular complexity index is 998. The zero-order valence-electron chi connectivity index (χ0n) is 15.9. The number of hydrogen-bond acceptors (Lipinski definition) is 6. The van der Waals surface area contributed by atoms with Crippen LogP contribution >= 0.6 is 0 Å². The van der Waals surface area contributed by atoms with Crippen molar-refractivity contribution >= 4 is 29.4 Å². The number of anilines is 1. The molecule has 0 radical (unpaired) electrons. The van der Waals surface area contributed by atoms with E-state index in [4.69, 9.17) is 4.74 Å². The smallest absolute Gasteiger partial charge is 0.261 e. The van der Waals surface area contributed by atoms with E-state index in [-0.39, 0.29) is 34.3 Å². The summed E-state index contributed by atoms with van der Waals surface area (Å²) in [5.41, 5.74) is 1.09. The van der Waals surface area contributed by atoms with Crippen LogP contribution in [0.1, 0.15) is 44.9 Å². The van der Waals surface area contributed by atoms with Gasteiger partial charge in [0.1, 0.15) is 12.4 Å². The Labute approximate surface area is 167 Å². The first-order valence-electron chi connectivity index (χ1n) is 9.00. The number of fused-ring (bicyclic) bond motifs is 1. The monoisotopic (exact) mass is 395 g/mol. The predicted molar refractivity (Wildman–Crippen MR) is 102 cm³/mol. The highest BCUT2D eigenvalue weighted by atomic mass is 16.5. The highest BCUT2D eigenvalue weighted by Crippen LogP contribution is 2.25. The average Bonchev–Trinajstić information content (AvgIpc) is 2.90. The zero-order valence-corrected chi connectivity index (χ0v) is 15.9. The second-order valence-electron chi connectivity index (χ2n) is 7.02. The maximum Gasteiger partial charge on any atom is 0.261 e. The molecule has 0 unspecified atom stereocenters. The second-order valence-corrected chi connectivity index (χ2v) is 7.02. The molecule has 3 amide bonds. The molecule has 1 aliphatic rings. The van der Waals surface area contributed by atoms with Crippen LogP contribution in [-0.4, -0.2) is 41.7 Å². The van der Waals surface area contributed by atoms with Crippen molar-refractivity contribution < 1.29 is 29.0 Å². The van der Waals surface area contributed by atoms with Crippen LogP contribution in [0.3, 0.4) is 0 Å². The maximum absolute atomic E-state index is 12.6. The van der Waals surface area contributed by atoms with Crippen molar-refractivity contribution in [2.75, 3.05) is 18.5 Å². The Kier molecular flexibility index (Phi) is 5.63. The fraction of sp³-hybridized carbons (Fsp3) is 0.238. The fourth-order valence-corrected chi connectivity index (χ4v) is 2.97. The van der Waals surface area contributed by atoms with E-state index < -0.39 is 24.4 Å². The van der Waals surface area contributed by atoms with E-state index in [0.717, 1.165) is 0 Å². The first-order valence-corrected chi connectivity index (χ1v) is 9.00. The van der Waals surface area contributed by atoms with E-state index in [1.807, 2.05) is 13.8 Å². The van der Waals surface area contributed by atoms with Gasteiger partial charge in [-0.3, -0.25) is 19.3 Å². The molecule has 0 saturated carbocycles. The maximum atomic E-state index is 12.6. The molecule has 150 valence electrons. The lowest BCUT2D eigenvalue weighted by Crippen LogP contribution is -2.33. The predicted octanol–water partition coefficient (Wildman–Crippen LogP) is 1.32. The minimum absolute atomic E-state index is 0.131. The minimum Gasteiger partial charge on any atom is -0.546 e. The minimum atomic E-state index is -1.36. The van der Waals surface area contributed by atoms with Crippen LogP contribution in [-0.2, 0) is 4.79 Å².